The van der Waals surface area contributed by atoms with Crippen LogP contribution in [0.3, 0.4) is 0 Å². The Labute approximate surface area is 147 Å². The van der Waals surface area contributed by atoms with Crippen LogP contribution in [0.1, 0.15) is 12.5 Å². The second kappa shape index (κ2) is 9.59. The predicted octanol–water partition coefficient (Wildman–Crippen LogP) is 4.23. The average Bonchev–Trinajstić information content (AvgIpc) is 2.58. The van der Waals surface area contributed by atoms with Crippen molar-refractivity contribution in [1.29, 1.82) is 0 Å². The first kappa shape index (κ1) is 19.5. The molecule has 0 radical (unpaired) electrons. The number of hydrogen-bond donors (Lipinski definition) is 1. The smallest absolute Gasteiger partial charge is 0.332 e. The maximum atomic E-state index is 11.8. The highest BCUT2D eigenvalue weighted by molar-refractivity contribution is 7.51. The van der Waals surface area contributed by atoms with Gasteiger partial charge in [-0.15, -0.1) is 0 Å². The fraction of sp³-hybridized carbons (Fsp3) is 0.333. The molecule has 0 aliphatic carbocycles. The molecule has 6 nitrogen and oxygen atoms in total. The molecule has 2 aromatic rings. The summed E-state index contributed by atoms with van der Waals surface area (Å²) in [5.41, 5.74) is 0.716. The van der Waals surface area contributed by atoms with E-state index in [0.29, 0.717) is 30.3 Å². The fourth-order valence-corrected chi connectivity index (χ4v) is 3.29. The zero-order chi connectivity index (χ0) is 18.1. The molecular formula is C18H23O6P. The van der Waals surface area contributed by atoms with Gasteiger partial charge in [0.25, 0.3) is 0 Å². The van der Waals surface area contributed by atoms with E-state index in [1.807, 2.05) is 24.3 Å². The van der Waals surface area contributed by atoms with Crippen LogP contribution in [0.5, 0.6) is 17.2 Å². The van der Waals surface area contributed by atoms with Crippen molar-refractivity contribution >= 4 is 7.60 Å². The summed E-state index contributed by atoms with van der Waals surface area (Å²) in [6, 6.07) is 14.3. The van der Waals surface area contributed by atoms with Gasteiger partial charge < -0.3 is 23.6 Å². The molecule has 0 aromatic heterocycles. The Morgan fingerprint density at radius 2 is 1.48 bits per heavy atom. The highest BCUT2D eigenvalue weighted by Gasteiger charge is 2.18. The molecule has 1 atom stereocenters. The van der Waals surface area contributed by atoms with E-state index in [-0.39, 0.29) is 12.8 Å². The van der Waals surface area contributed by atoms with Crippen LogP contribution >= 0.6 is 7.60 Å². The normalized spacial score (nSPS) is 13.2. The van der Waals surface area contributed by atoms with E-state index in [2.05, 4.69) is 0 Å². The number of ether oxygens (including phenoxy) is 3. The van der Waals surface area contributed by atoms with E-state index in [9.17, 15) is 9.46 Å². The fourth-order valence-electron chi connectivity index (χ4n) is 2.12. The molecule has 1 unspecified atom stereocenters. The minimum absolute atomic E-state index is 0.0192. The van der Waals surface area contributed by atoms with E-state index in [1.54, 1.807) is 38.3 Å². The lowest BCUT2D eigenvalue weighted by molar-refractivity contribution is 0.146. The Kier molecular flexibility index (Phi) is 7.47. The molecule has 0 aliphatic heterocycles. The maximum Gasteiger partial charge on any atom is 0.332 e. The Bertz CT molecular complexity index is 684. The van der Waals surface area contributed by atoms with Crippen LogP contribution in [0.25, 0.3) is 0 Å². The quantitative estimate of drug-likeness (QED) is 0.501. The predicted molar refractivity (Wildman–Crippen MR) is 95.5 cm³/mol. The summed E-state index contributed by atoms with van der Waals surface area (Å²) in [4.78, 5) is 9.66. The van der Waals surface area contributed by atoms with E-state index in [1.165, 1.54) is 0 Å². The van der Waals surface area contributed by atoms with E-state index in [0.717, 1.165) is 5.75 Å². The zero-order valence-electron chi connectivity index (χ0n) is 14.4. The van der Waals surface area contributed by atoms with Crippen LogP contribution in [0.2, 0.25) is 0 Å². The number of hydrogen-bond acceptors (Lipinski definition) is 5. The third-order valence-electron chi connectivity index (χ3n) is 3.25. The molecule has 0 aliphatic rings. The molecule has 25 heavy (non-hydrogen) atoms. The standard InChI is InChI=1S/C18H23O6P/c1-3-23-25(19,20)14-15-4-6-17(7-5-15)24-18-10-8-16(9-11-18)22-13-12-21-2/h4-11H,3,12-14H2,1-2H3,(H,19,20). The molecular weight excluding hydrogens is 343 g/mol. The van der Waals surface area contributed by atoms with E-state index < -0.39 is 7.60 Å². The molecule has 136 valence electrons. The Hall–Kier alpha value is -1.85. The number of benzene rings is 2. The third-order valence-corrected chi connectivity index (χ3v) is 4.68. The molecule has 2 aromatic carbocycles. The summed E-state index contributed by atoms with van der Waals surface area (Å²) in [6.45, 7) is 2.93. The third kappa shape index (κ3) is 6.88. The van der Waals surface area contributed by atoms with Gasteiger partial charge in [0.2, 0.25) is 0 Å². The van der Waals surface area contributed by atoms with Gasteiger partial charge in [-0.25, -0.2) is 0 Å². The second-order valence-electron chi connectivity index (χ2n) is 5.27. The summed E-state index contributed by atoms with van der Waals surface area (Å²) in [5.74, 6) is 2.06. The molecule has 2 rings (SSSR count). The lowest BCUT2D eigenvalue weighted by Gasteiger charge is -2.11. The van der Waals surface area contributed by atoms with Crippen LogP contribution in [-0.2, 0) is 20.0 Å². The molecule has 0 fully saturated rings. The van der Waals surface area contributed by atoms with Gasteiger partial charge in [-0.1, -0.05) is 12.1 Å². The van der Waals surface area contributed by atoms with Crippen molar-refractivity contribution in [1.82, 2.24) is 0 Å². The van der Waals surface area contributed by atoms with E-state index in [4.69, 9.17) is 18.7 Å². The minimum Gasteiger partial charge on any atom is -0.491 e. The lowest BCUT2D eigenvalue weighted by Crippen LogP contribution is -2.03. The van der Waals surface area contributed by atoms with Crippen LogP contribution in [-0.4, -0.2) is 31.8 Å². The SMILES string of the molecule is CCOP(=O)(O)Cc1ccc(Oc2ccc(OCCOC)cc2)cc1. The van der Waals surface area contributed by atoms with Gasteiger partial charge in [0.05, 0.1) is 19.4 Å². The van der Waals surface area contributed by atoms with Gasteiger partial charge in [-0.2, -0.15) is 0 Å². The molecule has 7 heteroatoms. The van der Waals surface area contributed by atoms with Crippen molar-refractivity contribution in [3.05, 3.63) is 54.1 Å². The molecule has 0 bridgehead atoms. The maximum absolute atomic E-state index is 11.8. The van der Waals surface area contributed by atoms with Gasteiger partial charge in [0.15, 0.2) is 0 Å². The topological polar surface area (TPSA) is 74.2 Å². The average molecular weight is 366 g/mol. The Balaban J connectivity index is 1.91. The number of rotatable bonds is 10. The number of methoxy groups -OCH3 is 1. The Morgan fingerprint density at radius 1 is 0.920 bits per heavy atom. The van der Waals surface area contributed by atoms with Gasteiger partial charge in [0.1, 0.15) is 23.9 Å². The van der Waals surface area contributed by atoms with Crippen molar-refractivity contribution in [2.75, 3.05) is 26.9 Å². The first-order chi connectivity index (χ1) is 12.0. The first-order valence-electron chi connectivity index (χ1n) is 7.97. The molecule has 0 saturated heterocycles. The zero-order valence-corrected chi connectivity index (χ0v) is 15.3. The molecule has 0 saturated carbocycles. The lowest BCUT2D eigenvalue weighted by atomic mass is 10.2. The molecule has 0 spiro atoms. The van der Waals surface area contributed by atoms with Crippen molar-refractivity contribution in [2.45, 2.75) is 13.1 Å². The molecule has 1 N–H and O–H groups in total. The monoisotopic (exact) mass is 366 g/mol. The summed E-state index contributed by atoms with van der Waals surface area (Å²) in [7, 11) is -1.95. The van der Waals surface area contributed by atoms with Crippen LogP contribution in [0.15, 0.2) is 48.5 Å². The van der Waals surface area contributed by atoms with Gasteiger partial charge >= 0.3 is 7.60 Å². The van der Waals surface area contributed by atoms with Crippen molar-refractivity contribution in [3.63, 3.8) is 0 Å². The second-order valence-corrected chi connectivity index (χ2v) is 7.12. The summed E-state index contributed by atoms with van der Waals surface area (Å²) in [6.07, 6.45) is -0.0192. The van der Waals surface area contributed by atoms with Crippen molar-refractivity contribution in [2.24, 2.45) is 0 Å². The largest absolute Gasteiger partial charge is 0.491 e. The van der Waals surface area contributed by atoms with Gasteiger partial charge in [-0.05, 0) is 48.9 Å². The molecule has 0 heterocycles. The van der Waals surface area contributed by atoms with Crippen molar-refractivity contribution < 1.29 is 28.2 Å². The highest BCUT2D eigenvalue weighted by Crippen LogP contribution is 2.45. The minimum atomic E-state index is -3.58. The van der Waals surface area contributed by atoms with Gasteiger partial charge in [-0.3, -0.25) is 4.57 Å². The first-order valence-corrected chi connectivity index (χ1v) is 9.73. The molecule has 0 amide bonds. The summed E-state index contributed by atoms with van der Waals surface area (Å²) in [5, 5.41) is 0. The van der Waals surface area contributed by atoms with Crippen LogP contribution in [0.4, 0.5) is 0 Å². The summed E-state index contributed by atoms with van der Waals surface area (Å²) >= 11 is 0. The summed E-state index contributed by atoms with van der Waals surface area (Å²) < 4.78 is 32.8. The van der Waals surface area contributed by atoms with Gasteiger partial charge in [0, 0.05) is 7.11 Å². The van der Waals surface area contributed by atoms with Crippen molar-refractivity contribution in [3.8, 4) is 17.2 Å². The van der Waals surface area contributed by atoms with Crippen LogP contribution < -0.4 is 9.47 Å². The highest BCUT2D eigenvalue weighted by atomic mass is 31.2. The Morgan fingerprint density at radius 3 is 2.04 bits per heavy atom. The van der Waals surface area contributed by atoms with Crippen LogP contribution in [0, 0.1) is 0 Å². The van der Waals surface area contributed by atoms with E-state index >= 15 is 0 Å².